The highest BCUT2D eigenvalue weighted by molar-refractivity contribution is 6.21. The average Bonchev–Trinajstić information content (AvgIpc) is 3.14. The molecule has 0 bridgehead atoms. The van der Waals surface area contributed by atoms with Gasteiger partial charge in [-0.3, -0.25) is 19.2 Å². The number of hydrogen-bond acceptors (Lipinski definition) is 5. The predicted octanol–water partition coefficient (Wildman–Crippen LogP) is 1.92. The fourth-order valence-electron chi connectivity index (χ4n) is 2.90. The molecular formula is C18H19N3O4. The van der Waals surface area contributed by atoms with Gasteiger partial charge in [-0.1, -0.05) is 12.1 Å². The Kier molecular flexibility index (Phi) is 4.65. The van der Waals surface area contributed by atoms with E-state index < -0.39 is 5.97 Å². The molecular weight excluding hydrogens is 322 g/mol. The number of hydrogen-bond donors (Lipinski definition) is 0. The van der Waals surface area contributed by atoms with E-state index in [1.54, 1.807) is 41.9 Å². The van der Waals surface area contributed by atoms with Gasteiger partial charge in [-0.15, -0.1) is 0 Å². The number of amides is 2. The summed E-state index contributed by atoms with van der Waals surface area (Å²) in [5.41, 5.74) is 1.88. The first kappa shape index (κ1) is 16.9. The summed E-state index contributed by atoms with van der Waals surface area (Å²) in [5.74, 6) is -1.04. The first-order valence-electron chi connectivity index (χ1n) is 8.25. The smallest absolute Gasteiger partial charge is 0.358 e. The molecule has 1 aromatic heterocycles. The number of esters is 1. The molecule has 0 saturated carbocycles. The van der Waals surface area contributed by atoms with Gasteiger partial charge < -0.3 is 4.74 Å². The normalized spacial score (nSPS) is 13.3. The molecule has 2 amide bonds. The van der Waals surface area contributed by atoms with Crippen molar-refractivity contribution in [2.75, 3.05) is 13.2 Å². The van der Waals surface area contributed by atoms with E-state index >= 15 is 0 Å². The fourth-order valence-corrected chi connectivity index (χ4v) is 2.90. The largest absolute Gasteiger partial charge is 0.461 e. The highest BCUT2D eigenvalue weighted by Gasteiger charge is 2.34. The van der Waals surface area contributed by atoms with Gasteiger partial charge >= 0.3 is 5.97 Å². The van der Waals surface area contributed by atoms with E-state index in [9.17, 15) is 14.4 Å². The van der Waals surface area contributed by atoms with Crippen molar-refractivity contribution in [3.05, 3.63) is 52.8 Å². The lowest BCUT2D eigenvalue weighted by Gasteiger charge is -2.13. The Morgan fingerprint density at radius 1 is 1.12 bits per heavy atom. The van der Waals surface area contributed by atoms with E-state index in [4.69, 9.17) is 4.74 Å². The van der Waals surface area contributed by atoms with E-state index in [1.807, 2.05) is 6.92 Å². The van der Waals surface area contributed by atoms with Gasteiger partial charge in [-0.05, 0) is 32.0 Å². The minimum absolute atomic E-state index is 0.236. The third kappa shape index (κ3) is 3.05. The van der Waals surface area contributed by atoms with Gasteiger partial charge in [-0.25, -0.2) is 4.79 Å². The number of aryl methyl sites for hydroxylation is 1. The van der Waals surface area contributed by atoms with Crippen LogP contribution in [0.2, 0.25) is 0 Å². The number of aromatic nitrogens is 2. The van der Waals surface area contributed by atoms with Gasteiger partial charge in [0.15, 0.2) is 5.69 Å². The summed E-state index contributed by atoms with van der Waals surface area (Å²) in [5, 5.41) is 4.22. The quantitative estimate of drug-likeness (QED) is 0.592. The number of benzene rings is 1. The molecule has 7 nitrogen and oxygen atoms in total. The SMILES string of the molecule is CCOC(=O)c1cc(CCN2C(=O)c3ccccc3C2=O)n(CC)n1. The molecule has 2 heterocycles. The zero-order valence-electron chi connectivity index (χ0n) is 14.2. The lowest BCUT2D eigenvalue weighted by Crippen LogP contribution is -2.32. The average molecular weight is 341 g/mol. The molecule has 130 valence electrons. The molecule has 0 radical (unpaired) electrons. The van der Waals surface area contributed by atoms with Crippen LogP contribution in [0.5, 0.6) is 0 Å². The molecule has 1 aromatic carbocycles. The topological polar surface area (TPSA) is 81.5 Å². The maximum atomic E-state index is 12.4. The lowest BCUT2D eigenvalue weighted by atomic mass is 10.1. The molecule has 0 spiro atoms. The minimum atomic E-state index is -0.475. The molecule has 0 aliphatic carbocycles. The summed E-state index contributed by atoms with van der Waals surface area (Å²) in [7, 11) is 0. The Morgan fingerprint density at radius 3 is 2.32 bits per heavy atom. The number of rotatable bonds is 6. The molecule has 0 atom stereocenters. The minimum Gasteiger partial charge on any atom is -0.461 e. The zero-order valence-corrected chi connectivity index (χ0v) is 14.2. The molecule has 25 heavy (non-hydrogen) atoms. The van der Waals surface area contributed by atoms with Crippen LogP contribution in [0, 0.1) is 0 Å². The monoisotopic (exact) mass is 341 g/mol. The van der Waals surface area contributed by atoms with E-state index in [2.05, 4.69) is 5.10 Å². The molecule has 1 aliphatic rings. The van der Waals surface area contributed by atoms with Gasteiger partial charge in [-0.2, -0.15) is 5.10 Å². The highest BCUT2D eigenvalue weighted by Crippen LogP contribution is 2.22. The molecule has 0 unspecified atom stereocenters. The molecule has 0 fully saturated rings. The number of ether oxygens (including phenoxy) is 1. The first-order chi connectivity index (χ1) is 12.1. The van der Waals surface area contributed by atoms with Gasteiger partial charge in [0.05, 0.1) is 17.7 Å². The van der Waals surface area contributed by atoms with Crippen LogP contribution in [-0.2, 0) is 17.7 Å². The highest BCUT2D eigenvalue weighted by atomic mass is 16.5. The number of fused-ring (bicyclic) bond motifs is 1. The van der Waals surface area contributed by atoms with E-state index in [0.717, 1.165) is 5.69 Å². The van der Waals surface area contributed by atoms with Crippen LogP contribution in [-0.4, -0.2) is 45.6 Å². The number of imide groups is 1. The van der Waals surface area contributed by atoms with Crippen molar-refractivity contribution in [2.45, 2.75) is 26.8 Å². The van der Waals surface area contributed by atoms with Crippen molar-refractivity contribution in [3.63, 3.8) is 0 Å². The van der Waals surface area contributed by atoms with Crippen molar-refractivity contribution in [1.82, 2.24) is 14.7 Å². The van der Waals surface area contributed by atoms with Crippen LogP contribution < -0.4 is 0 Å². The molecule has 7 heteroatoms. The molecule has 0 N–H and O–H groups in total. The van der Waals surface area contributed by atoms with Gasteiger partial charge in [0, 0.05) is 25.2 Å². The third-order valence-electron chi connectivity index (χ3n) is 4.12. The Labute approximate surface area is 145 Å². The van der Waals surface area contributed by atoms with Crippen molar-refractivity contribution in [3.8, 4) is 0 Å². The Morgan fingerprint density at radius 2 is 1.76 bits per heavy atom. The number of carbonyl (C=O) groups excluding carboxylic acids is 3. The standard InChI is InChI=1S/C18H19N3O4/c1-3-21-12(11-15(19-21)18(24)25-4-2)9-10-20-16(22)13-7-5-6-8-14(13)17(20)23/h5-8,11H,3-4,9-10H2,1-2H3. The molecule has 1 aliphatic heterocycles. The second-order valence-corrected chi connectivity index (χ2v) is 5.61. The van der Waals surface area contributed by atoms with E-state index in [-0.39, 0.29) is 30.7 Å². The van der Waals surface area contributed by atoms with Gasteiger partial charge in [0.1, 0.15) is 0 Å². The summed E-state index contributed by atoms with van der Waals surface area (Å²) in [4.78, 5) is 37.8. The fraction of sp³-hybridized carbons (Fsp3) is 0.333. The predicted molar refractivity (Wildman–Crippen MR) is 89.4 cm³/mol. The maximum Gasteiger partial charge on any atom is 0.358 e. The van der Waals surface area contributed by atoms with Crippen LogP contribution in [0.3, 0.4) is 0 Å². The second kappa shape index (κ2) is 6.88. The van der Waals surface area contributed by atoms with Crippen LogP contribution in [0.1, 0.15) is 50.7 Å². The Hall–Kier alpha value is -2.96. The van der Waals surface area contributed by atoms with Crippen molar-refractivity contribution in [1.29, 1.82) is 0 Å². The summed E-state index contributed by atoms with van der Waals surface area (Å²) < 4.78 is 6.65. The summed E-state index contributed by atoms with van der Waals surface area (Å²) in [6, 6.07) is 8.45. The molecule has 0 saturated heterocycles. The van der Waals surface area contributed by atoms with E-state index in [0.29, 0.717) is 24.1 Å². The summed E-state index contributed by atoms with van der Waals surface area (Å²) in [6.07, 6.45) is 0.422. The van der Waals surface area contributed by atoms with Gasteiger partial charge in [0.2, 0.25) is 0 Å². The Balaban J connectivity index is 1.75. The van der Waals surface area contributed by atoms with Crippen molar-refractivity contribution >= 4 is 17.8 Å². The first-order valence-corrected chi connectivity index (χ1v) is 8.25. The molecule has 3 rings (SSSR count). The lowest BCUT2D eigenvalue weighted by molar-refractivity contribution is 0.0517. The van der Waals surface area contributed by atoms with Gasteiger partial charge in [0.25, 0.3) is 11.8 Å². The van der Waals surface area contributed by atoms with Crippen LogP contribution in [0.15, 0.2) is 30.3 Å². The Bertz CT molecular complexity index is 806. The van der Waals surface area contributed by atoms with Crippen LogP contribution in [0.4, 0.5) is 0 Å². The second-order valence-electron chi connectivity index (χ2n) is 5.61. The third-order valence-corrected chi connectivity index (χ3v) is 4.12. The summed E-state index contributed by atoms with van der Waals surface area (Å²) in [6.45, 7) is 4.74. The van der Waals surface area contributed by atoms with Crippen LogP contribution in [0.25, 0.3) is 0 Å². The summed E-state index contributed by atoms with van der Waals surface area (Å²) >= 11 is 0. The van der Waals surface area contributed by atoms with Crippen molar-refractivity contribution < 1.29 is 19.1 Å². The van der Waals surface area contributed by atoms with E-state index in [1.165, 1.54) is 4.90 Å². The van der Waals surface area contributed by atoms with Crippen molar-refractivity contribution in [2.24, 2.45) is 0 Å². The molecule has 2 aromatic rings. The van der Waals surface area contributed by atoms with Crippen LogP contribution >= 0.6 is 0 Å². The number of carbonyl (C=O) groups is 3. The maximum absolute atomic E-state index is 12.4. The zero-order chi connectivity index (χ0) is 18.0. The number of nitrogens with zero attached hydrogens (tertiary/aromatic N) is 3.